The molecule has 0 spiro atoms. The van der Waals surface area contributed by atoms with E-state index in [0.717, 1.165) is 0 Å². The Balaban J connectivity index is 2.06. The number of hydrogen-bond acceptors (Lipinski definition) is 3. The van der Waals surface area contributed by atoms with Crippen LogP contribution in [0.25, 0.3) is 0 Å². The van der Waals surface area contributed by atoms with Crippen LogP contribution >= 0.6 is 23.8 Å². The Morgan fingerprint density at radius 3 is 2.50 bits per heavy atom. The van der Waals surface area contributed by atoms with Crippen LogP contribution in [0.1, 0.15) is 5.56 Å². The number of nitrogens with one attached hydrogen (secondary N) is 1. The van der Waals surface area contributed by atoms with Gasteiger partial charge in [0.25, 0.3) is 0 Å². The van der Waals surface area contributed by atoms with Crippen LogP contribution < -0.4 is 15.8 Å². The summed E-state index contributed by atoms with van der Waals surface area (Å²) in [4.78, 5) is 12.0. The van der Waals surface area contributed by atoms with Gasteiger partial charge in [0.1, 0.15) is 10.7 Å². The number of nitrogens with two attached hydrogens (primary N) is 1. The second kappa shape index (κ2) is 6.36. The summed E-state index contributed by atoms with van der Waals surface area (Å²) in [5.41, 5.74) is 6.55. The number of carbonyl (C=O) groups is 1. The van der Waals surface area contributed by atoms with E-state index < -0.39 is 6.09 Å². The molecule has 2 rings (SSSR count). The molecule has 2 aromatic carbocycles. The van der Waals surface area contributed by atoms with E-state index >= 15 is 0 Å². The van der Waals surface area contributed by atoms with Crippen molar-refractivity contribution in [2.24, 2.45) is 5.73 Å². The maximum Gasteiger partial charge on any atom is 0.417 e. The average Bonchev–Trinajstić information content (AvgIpc) is 2.42. The number of halogens is 1. The number of hydrogen-bond donors (Lipinski definition) is 2. The van der Waals surface area contributed by atoms with Crippen molar-refractivity contribution in [3.63, 3.8) is 0 Å². The summed E-state index contributed by atoms with van der Waals surface area (Å²) in [6.07, 6.45) is -0.624. The molecule has 0 unspecified atom stereocenters. The van der Waals surface area contributed by atoms with E-state index in [-0.39, 0.29) is 4.99 Å². The number of ether oxygens (including phenoxy) is 1. The molecule has 0 aliphatic rings. The van der Waals surface area contributed by atoms with Gasteiger partial charge < -0.3 is 10.5 Å². The fourth-order valence-electron chi connectivity index (χ4n) is 1.50. The number of carbonyl (C=O) groups excluding carboxylic acids is 1. The molecule has 2 aromatic rings. The zero-order valence-electron chi connectivity index (χ0n) is 10.3. The van der Waals surface area contributed by atoms with Gasteiger partial charge in [-0.25, -0.2) is 4.79 Å². The number of benzene rings is 2. The summed E-state index contributed by atoms with van der Waals surface area (Å²) in [6.45, 7) is 0. The highest BCUT2D eigenvalue weighted by atomic mass is 35.5. The van der Waals surface area contributed by atoms with E-state index in [1.165, 1.54) is 0 Å². The largest absolute Gasteiger partial charge is 0.417 e. The molecule has 0 fully saturated rings. The molecule has 0 heterocycles. The molecule has 0 aliphatic carbocycles. The number of thiocarbonyl (C=S) groups is 1. The minimum atomic E-state index is -0.624. The van der Waals surface area contributed by atoms with E-state index in [4.69, 9.17) is 34.3 Å². The molecule has 3 N–H and O–H groups in total. The minimum Gasteiger partial charge on any atom is -0.410 e. The van der Waals surface area contributed by atoms with Crippen molar-refractivity contribution in [2.45, 2.75) is 0 Å². The second-order valence-electron chi connectivity index (χ2n) is 3.89. The van der Waals surface area contributed by atoms with Gasteiger partial charge in [-0.15, -0.1) is 0 Å². The average molecular weight is 307 g/mol. The lowest BCUT2D eigenvalue weighted by molar-refractivity contribution is 0.215. The minimum absolute atomic E-state index is 0.241. The third-order valence-electron chi connectivity index (χ3n) is 2.44. The molecule has 0 aromatic heterocycles. The lowest BCUT2D eigenvalue weighted by Gasteiger charge is -2.09. The molecule has 0 radical (unpaired) electrons. The Bertz CT molecular complexity index is 647. The monoisotopic (exact) mass is 306 g/mol. The van der Waals surface area contributed by atoms with Crippen molar-refractivity contribution in [3.05, 3.63) is 59.1 Å². The first-order valence-electron chi connectivity index (χ1n) is 5.69. The molecular formula is C14H11ClN2O2S. The van der Waals surface area contributed by atoms with Gasteiger partial charge in [0, 0.05) is 5.56 Å². The highest BCUT2D eigenvalue weighted by Gasteiger charge is 2.09. The van der Waals surface area contributed by atoms with Gasteiger partial charge in [-0.05, 0) is 30.3 Å². The van der Waals surface area contributed by atoms with Crippen LogP contribution in [0.3, 0.4) is 0 Å². The smallest absolute Gasteiger partial charge is 0.410 e. The maximum absolute atomic E-state index is 11.7. The standard InChI is InChI=1S/C14H11ClN2O2S/c15-11-8-9(13(16)20)6-7-12(11)17-14(18)19-10-4-2-1-3-5-10/h1-8H,(H2,16,20)(H,17,18). The van der Waals surface area contributed by atoms with Crippen LogP contribution in [0.15, 0.2) is 48.5 Å². The van der Waals surface area contributed by atoms with E-state index in [0.29, 0.717) is 22.0 Å². The summed E-state index contributed by atoms with van der Waals surface area (Å²) >= 11 is 10.9. The SMILES string of the molecule is NC(=S)c1ccc(NC(=O)Oc2ccccc2)c(Cl)c1. The van der Waals surface area contributed by atoms with Gasteiger partial charge in [-0.2, -0.15) is 0 Å². The van der Waals surface area contributed by atoms with Crippen molar-refractivity contribution in [2.75, 3.05) is 5.32 Å². The summed E-state index contributed by atoms with van der Waals surface area (Å²) in [5, 5.41) is 2.88. The normalized spacial score (nSPS) is 9.85. The predicted octanol–water partition coefficient (Wildman–Crippen LogP) is 3.59. The molecule has 0 aliphatic heterocycles. The highest BCUT2D eigenvalue weighted by Crippen LogP contribution is 2.23. The number of rotatable bonds is 3. The quantitative estimate of drug-likeness (QED) is 0.851. The summed E-state index contributed by atoms with van der Waals surface area (Å²) in [6, 6.07) is 13.6. The van der Waals surface area contributed by atoms with Gasteiger partial charge in [-0.1, -0.05) is 42.0 Å². The zero-order chi connectivity index (χ0) is 14.5. The lowest BCUT2D eigenvalue weighted by Crippen LogP contribution is -2.17. The Hall–Kier alpha value is -2.11. The van der Waals surface area contributed by atoms with Crippen LogP contribution in [0.4, 0.5) is 10.5 Å². The van der Waals surface area contributed by atoms with Crippen LogP contribution in [0.2, 0.25) is 5.02 Å². The van der Waals surface area contributed by atoms with Gasteiger partial charge in [0.2, 0.25) is 0 Å². The molecule has 4 nitrogen and oxygen atoms in total. The van der Waals surface area contributed by atoms with Crippen LogP contribution in [0.5, 0.6) is 5.75 Å². The molecule has 0 bridgehead atoms. The molecule has 1 amide bonds. The molecule has 6 heteroatoms. The first-order chi connectivity index (χ1) is 9.56. The first kappa shape index (κ1) is 14.3. The van der Waals surface area contributed by atoms with Gasteiger partial charge in [0.15, 0.2) is 0 Å². The molecule has 0 saturated carbocycles. The van der Waals surface area contributed by atoms with E-state index in [2.05, 4.69) is 5.32 Å². The molecular weight excluding hydrogens is 296 g/mol. The van der Waals surface area contributed by atoms with Crippen LogP contribution in [-0.4, -0.2) is 11.1 Å². The number of anilines is 1. The third-order valence-corrected chi connectivity index (χ3v) is 2.99. The summed E-state index contributed by atoms with van der Waals surface area (Å²) in [5.74, 6) is 0.445. The Kier molecular flexibility index (Phi) is 4.55. The van der Waals surface area contributed by atoms with E-state index in [1.807, 2.05) is 6.07 Å². The number of para-hydroxylation sites is 1. The number of amides is 1. The van der Waals surface area contributed by atoms with E-state index in [1.54, 1.807) is 42.5 Å². The fourth-order valence-corrected chi connectivity index (χ4v) is 1.86. The Labute approximate surface area is 126 Å². The second-order valence-corrected chi connectivity index (χ2v) is 4.73. The first-order valence-corrected chi connectivity index (χ1v) is 6.48. The maximum atomic E-state index is 11.7. The molecule has 0 saturated heterocycles. The van der Waals surface area contributed by atoms with Crippen molar-refractivity contribution >= 4 is 40.6 Å². The Morgan fingerprint density at radius 1 is 1.20 bits per heavy atom. The van der Waals surface area contributed by atoms with Crippen molar-refractivity contribution in [1.29, 1.82) is 0 Å². The topological polar surface area (TPSA) is 64.3 Å². The van der Waals surface area contributed by atoms with Crippen molar-refractivity contribution in [1.82, 2.24) is 0 Å². The van der Waals surface area contributed by atoms with Crippen LogP contribution in [-0.2, 0) is 0 Å². The van der Waals surface area contributed by atoms with Crippen LogP contribution in [0, 0.1) is 0 Å². The van der Waals surface area contributed by atoms with Gasteiger partial charge >= 0.3 is 6.09 Å². The summed E-state index contributed by atoms with van der Waals surface area (Å²) < 4.78 is 5.09. The Morgan fingerprint density at radius 2 is 1.90 bits per heavy atom. The molecule has 0 atom stereocenters. The summed E-state index contributed by atoms with van der Waals surface area (Å²) in [7, 11) is 0. The fraction of sp³-hybridized carbons (Fsp3) is 0. The van der Waals surface area contributed by atoms with Crippen molar-refractivity contribution < 1.29 is 9.53 Å². The molecule has 102 valence electrons. The van der Waals surface area contributed by atoms with Crippen molar-refractivity contribution in [3.8, 4) is 5.75 Å². The zero-order valence-corrected chi connectivity index (χ0v) is 11.9. The molecule has 20 heavy (non-hydrogen) atoms. The lowest BCUT2D eigenvalue weighted by atomic mass is 10.2. The predicted molar refractivity (Wildman–Crippen MR) is 83.4 cm³/mol. The third kappa shape index (κ3) is 3.69. The highest BCUT2D eigenvalue weighted by molar-refractivity contribution is 7.80. The van der Waals surface area contributed by atoms with Gasteiger partial charge in [0.05, 0.1) is 10.7 Å². The van der Waals surface area contributed by atoms with Gasteiger partial charge in [-0.3, -0.25) is 5.32 Å². The van der Waals surface area contributed by atoms with E-state index in [9.17, 15) is 4.79 Å².